The molecule has 1 rings (SSSR count). The van der Waals surface area contributed by atoms with Crippen molar-refractivity contribution >= 4 is 16.0 Å². The Morgan fingerprint density at radius 3 is 2.45 bits per heavy atom. The van der Waals surface area contributed by atoms with E-state index in [4.69, 9.17) is 0 Å². The Kier molecular flexibility index (Phi) is 6.09. The van der Waals surface area contributed by atoms with Crippen LogP contribution in [0.25, 0.3) is 0 Å². The minimum Gasteiger partial charge on any atom is -0.469 e. The molecule has 1 aromatic rings. The number of hydrogen-bond acceptors (Lipinski definition) is 4. The van der Waals surface area contributed by atoms with E-state index in [0.29, 0.717) is 5.56 Å². The van der Waals surface area contributed by atoms with Gasteiger partial charge < -0.3 is 4.74 Å². The van der Waals surface area contributed by atoms with E-state index < -0.39 is 16.0 Å². The number of carbonyl (C=O) groups is 1. The maximum atomic E-state index is 12.8. The van der Waals surface area contributed by atoms with Gasteiger partial charge in [0.15, 0.2) is 0 Å². The van der Waals surface area contributed by atoms with Gasteiger partial charge >= 0.3 is 5.97 Å². The molecule has 0 aliphatic carbocycles. The molecule has 0 aliphatic heterocycles. The Bertz CT molecular complexity index is 542. The minimum atomic E-state index is -3.44. The molecule has 0 spiro atoms. The molecule has 0 amide bonds. The number of benzene rings is 1. The number of halogens is 1. The SMILES string of the molecule is COC(=O)CCCS(=O)(=O)N(C)Cc1ccc(F)cc1. The normalized spacial score (nSPS) is 11.6. The van der Waals surface area contributed by atoms with Crippen LogP contribution in [0.1, 0.15) is 18.4 Å². The van der Waals surface area contributed by atoms with Crippen LogP contribution >= 0.6 is 0 Å². The van der Waals surface area contributed by atoms with Gasteiger partial charge in [0, 0.05) is 20.0 Å². The second-order valence-electron chi connectivity index (χ2n) is 4.38. The number of hydrogen-bond donors (Lipinski definition) is 0. The third-order valence-electron chi connectivity index (χ3n) is 2.80. The average Bonchev–Trinajstić information content (AvgIpc) is 2.40. The Balaban J connectivity index is 2.54. The van der Waals surface area contributed by atoms with Crippen molar-refractivity contribution in [1.29, 1.82) is 0 Å². The van der Waals surface area contributed by atoms with Gasteiger partial charge in [-0.25, -0.2) is 17.1 Å². The third-order valence-corrected chi connectivity index (χ3v) is 4.69. The van der Waals surface area contributed by atoms with Crippen LogP contribution in [0, 0.1) is 5.82 Å². The lowest BCUT2D eigenvalue weighted by Gasteiger charge is -2.17. The molecule has 0 N–H and O–H groups in total. The largest absolute Gasteiger partial charge is 0.469 e. The molecule has 0 fully saturated rings. The summed E-state index contributed by atoms with van der Waals surface area (Å²) in [5.41, 5.74) is 0.699. The first-order valence-corrected chi connectivity index (χ1v) is 7.71. The van der Waals surface area contributed by atoms with Crippen LogP contribution in [-0.2, 0) is 26.1 Å². The van der Waals surface area contributed by atoms with Gasteiger partial charge in [-0.1, -0.05) is 12.1 Å². The number of nitrogens with zero attached hydrogens (tertiary/aromatic N) is 1. The first-order valence-electron chi connectivity index (χ1n) is 6.10. The summed E-state index contributed by atoms with van der Waals surface area (Å²) in [7, 11) is -0.724. The molecule has 0 bridgehead atoms. The van der Waals surface area contributed by atoms with E-state index in [0.717, 1.165) is 0 Å². The predicted octanol–water partition coefficient (Wildman–Crippen LogP) is 1.54. The molecular formula is C13H18FNO4S. The van der Waals surface area contributed by atoms with Crippen molar-refractivity contribution in [2.75, 3.05) is 19.9 Å². The highest BCUT2D eigenvalue weighted by Gasteiger charge is 2.18. The van der Waals surface area contributed by atoms with Crippen LogP contribution < -0.4 is 0 Å². The molecule has 0 atom stereocenters. The Morgan fingerprint density at radius 1 is 1.30 bits per heavy atom. The van der Waals surface area contributed by atoms with Gasteiger partial charge in [0.25, 0.3) is 0 Å². The van der Waals surface area contributed by atoms with Crippen molar-refractivity contribution in [3.05, 3.63) is 35.6 Å². The zero-order chi connectivity index (χ0) is 15.2. The van der Waals surface area contributed by atoms with Gasteiger partial charge in [-0.15, -0.1) is 0 Å². The first-order chi connectivity index (χ1) is 9.35. The number of sulfonamides is 1. The van der Waals surface area contributed by atoms with E-state index in [9.17, 15) is 17.6 Å². The van der Waals surface area contributed by atoms with Gasteiger partial charge in [0.1, 0.15) is 5.82 Å². The summed E-state index contributed by atoms with van der Waals surface area (Å²) < 4.78 is 42.3. The molecule has 0 saturated carbocycles. The summed E-state index contributed by atoms with van der Waals surface area (Å²) in [6, 6.07) is 5.64. The molecule has 0 heterocycles. The zero-order valence-corrected chi connectivity index (χ0v) is 12.3. The first kappa shape index (κ1) is 16.6. The van der Waals surface area contributed by atoms with Gasteiger partial charge in [-0.05, 0) is 24.1 Å². The maximum Gasteiger partial charge on any atom is 0.305 e. The number of methoxy groups -OCH3 is 1. The van der Waals surface area contributed by atoms with Crippen molar-refractivity contribution in [2.24, 2.45) is 0 Å². The molecule has 112 valence electrons. The van der Waals surface area contributed by atoms with E-state index in [1.165, 1.54) is 42.7 Å². The fraction of sp³-hybridized carbons (Fsp3) is 0.462. The highest BCUT2D eigenvalue weighted by molar-refractivity contribution is 7.89. The number of ether oxygens (including phenoxy) is 1. The predicted molar refractivity (Wildman–Crippen MR) is 72.9 cm³/mol. The molecule has 7 heteroatoms. The minimum absolute atomic E-state index is 0.0696. The van der Waals surface area contributed by atoms with E-state index in [1.807, 2.05) is 0 Å². The quantitative estimate of drug-likeness (QED) is 0.717. The topological polar surface area (TPSA) is 63.7 Å². The third kappa shape index (κ3) is 5.26. The van der Waals surface area contributed by atoms with Crippen LogP contribution in [0.4, 0.5) is 4.39 Å². The van der Waals surface area contributed by atoms with Crippen molar-refractivity contribution in [3.63, 3.8) is 0 Å². The van der Waals surface area contributed by atoms with Crippen LogP contribution in [0.5, 0.6) is 0 Å². The van der Waals surface area contributed by atoms with Gasteiger partial charge in [0.05, 0.1) is 12.9 Å². The molecule has 5 nitrogen and oxygen atoms in total. The van der Waals surface area contributed by atoms with E-state index in [2.05, 4.69) is 4.74 Å². The van der Waals surface area contributed by atoms with Crippen molar-refractivity contribution in [2.45, 2.75) is 19.4 Å². The Labute approximate surface area is 118 Å². The number of esters is 1. The fourth-order valence-electron chi connectivity index (χ4n) is 1.60. The van der Waals surface area contributed by atoms with Gasteiger partial charge in [-0.3, -0.25) is 4.79 Å². The van der Waals surface area contributed by atoms with Crippen LogP contribution in [0.15, 0.2) is 24.3 Å². The van der Waals surface area contributed by atoms with Crippen LogP contribution in [-0.4, -0.2) is 38.6 Å². The molecule has 0 aromatic heterocycles. The lowest BCUT2D eigenvalue weighted by molar-refractivity contribution is -0.140. The standard InChI is InChI=1S/C13H18FNO4S/c1-15(10-11-5-7-12(14)8-6-11)20(17,18)9-3-4-13(16)19-2/h5-8H,3-4,9-10H2,1-2H3. The molecule has 1 aromatic carbocycles. The summed E-state index contributed by atoms with van der Waals surface area (Å²) in [5, 5.41) is 0. The average molecular weight is 303 g/mol. The summed E-state index contributed by atoms with van der Waals surface area (Å²) in [4.78, 5) is 10.9. The van der Waals surface area contributed by atoms with Crippen molar-refractivity contribution in [1.82, 2.24) is 4.31 Å². The van der Waals surface area contributed by atoms with Crippen LogP contribution in [0.3, 0.4) is 0 Å². The molecule has 0 aliphatic rings. The summed E-state index contributed by atoms with van der Waals surface area (Å²) in [5.74, 6) is -0.918. The van der Waals surface area contributed by atoms with Gasteiger partial charge in [-0.2, -0.15) is 0 Å². The highest BCUT2D eigenvalue weighted by atomic mass is 32.2. The molecule has 0 unspecified atom stereocenters. The second-order valence-corrected chi connectivity index (χ2v) is 6.57. The van der Waals surface area contributed by atoms with E-state index in [-0.39, 0.29) is 31.0 Å². The molecule has 0 radical (unpaired) electrons. The Hall–Kier alpha value is -1.47. The summed E-state index contributed by atoms with van der Waals surface area (Å²) >= 11 is 0. The van der Waals surface area contributed by atoms with Crippen LogP contribution in [0.2, 0.25) is 0 Å². The van der Waals surface area contributed by atoms with Crippen molar-refractivity contribution in [3.8, 4) is 0 Å². The van der Waals surface area contributed by atoms with Gasteiger partial charge in [0.2, 0.25) is 10.0 Å². The summed E-state index contributed by atoms with van der Waals surface area (Å²) in [6.45, 7) is 0.167. The van der Waals surface area contributed by atoms with Crippen molar-refractivity contribution < 1.29 is 22.3 Å². The smallest absolute Gasteiger partial charge is 0.305 e. The molecule has 20 heavy (non-hydrogen) atoms. The second kappa shape index (κ2) is 7.35. The number of rotatable bonds is 7. The zero-order valence-electron chi connectivity index (χ0n) is 11.5. The Morgan fingerprint density at radius 2 is 1.90 bits per heavy atom. The van der Waals surface area contributed by atoms with E-state index in [1.54, 1.807) is 0 Å². The summed E-state index contributed by atoms with van der Waals surface area (Å²) in [6.07, 6.45) is 0.281. The molecular weight excluding hydrogens is 285 g/mol. The highest BCUT2D eigenvalue weighted by Crippen LogP contribution is 2.10. The monoisotopic (exact) mass is 303 g/mol. The van der Waals surface area contributed by atoms with E-state index >= 15 is 0 Å². The lowest BCUT2D eigenvalue weighted by atomic mass is 10.2. The number of carbonyl (C=O) groups excluding carboxylic acids is 1. The fourth-order valence-corrected chi connectivity index (χ4v) is 2.77. The molecule has 0 saturated heterocycles. The lowest BCUT2D eigenvalue weighted by Crippen LogP contribution is -2.29. The maximum absolute atomic E-state index is 12.8.